The molecule has 0 bridgehead atoms. The number of piperazine rings is 1. The third-order valence-electron chi connectivity index (χ3n) is 4.90. The second-order valence-corrected chi connectivity index (χ2v) is 6.92. The van der Waals surface area contributed by atoms with Crippen molar-refractivity contribution in [3.63, 3.8) is 0 Å². The summed E-state index contributed by atoms with van der Waals surface area (Å²) in [6.07, 6.45) is 5.32. The van der Waals surface area contributed by atoms with Crippen LogP contribution in [0.5, 0.6) is 0 Å². The second-order valence-electron chi connectivity index (χ2n) is 6.92. The minimum absolute atomic E-state index is 0.0892. The van der Waals surface area contributed by atoms with Crippen molar-refractivity contribution in [3.05, 3.63) is 64.7 Å². The summed E-state index contributed by atoms with van der Waals surface area (Å²) in [6, 6.07) is 7.05. The van der Waals surface area contributed by atoms with Crippen molar-refractivity contribution in [1.82, 2.24) is 39.3 Å². The lowest BCUT2D eigenvalue weighted by molar-refractivity contribution is 0.121. The molecule has 1 aliphatic rings. The van der Waals surface area contributed by atoms with Gasteiger partial charge in [0.2, 0.25) is 0 Å². The predicted octanol–water partition coefficient (Wildman–Crippen LogP) is 0.345. The minimum atomic E-state index is -0.0892. The van der Waals surface area contributed by atoms with Crippen LogP contribution in [0.3, 0.4) is 0 Å². The lowest BCUT2D eigenvalue weighted by atomic mass is 10.3. The molecule has 0 spiro atoms. The van der Waals surface area contributed by atoms with Crippen molar-refractivity contribution < 1.29 is 0 Å². The molecule has 1 fully saturated rings. The van der Waals surface area contributed by atoms with E-state index in [0.29, 0.717) is 12.4 Å². The Hall–Kier alpha value is -2.91. The Bertz CT molecular complexity index is 960. The number of aryl methyl sites for hydroxylation is 1. The fraction of sp³-hybridized carbons (Fsp3) is 0.421. The molecule has 0 N–H and O–H groups in total. The first-order chi connectivity index (χ1) is 13.7. The molecular weight excluding hydrogens is 356 g/mol. The van der Waals surface area contributed by atoms with Gasteiger partial charge in [0.1, 0.15) is 5.82 Å². The van der Waals surface area contributed by atoms with Gasteiger partial charge in [0, 0.05) is 63.9 Å². The van der Waals surface area contributed by atoms with Gasteiger partial charge in [-0.2, -0.15) is 5.10 Å². The molecule has 4 heterocycles. The fourth-order valence-electron chi connectivity index (χ4n) is 3.35. The molecule has 0 saturated carbocycles. The monoisotopic (exact) mass is 380 g/mol. The lowest BCUT2D eigenvalue weighted by Crippen LogP contribution is -2.47. The minimum Gasteiger partial charge on any atom is -0.299 e. The molecule has 0 aromatic carbocycles. The summed E-state index contributed by atoms with van der Waals surface area (Å²) in [7, 11) is 0. The van der Waals surface area contributed by atoms with Gasteiger partial charge in [-0.05, 0) is 25.1 Å². The Morgan fingerprint density at radius 1 is 1.00 bits per heavy atom. The Morgan fingerprint density at radius 3 is 2.57 bits per heavy atom. The molecule has 3 aromatic heterocycles. The van der Waals surface area contributed by atoms with E-state index in [1.165, 1.54) is 4.68 Å². The normalized spacial score (nSPS) is 15.8. The SMILES string of the molecule is Cc1nccc(CN2CCN(CCn3nc(-n4cccn4)ccc3=O)CC2)n1. The van der Waals surface area contributed by atoms with Crippen LogP contribution in [-0.4, -0.2) is 72.1 Å². The summed E-state index contributed by atoms with van der Waals surface area (Å²) in [4.78, 5) is 25.5. The van der Waals surface area contributed by atoms with E-state index in [9.17, 15) is 4.79 Å². The van der Waals surface area contributed by atoms with E-state index in [-0.39, 0.29) is 5.56 Å². The number of rotatable bonds is 6. The molecule has 0 unspecified atom stereocenters. The second kappa shape index (κ2) is 8.41. The average molecular weight is 380 g/mol. The van der Waals surface area contributed by atoms with Crippen molar-refractivity contribution in [2.75, 3.05) is 32.7 Å². The zero-order valence-corrected chi connectivity index (χ0v) is 16.0. The van der Waals surface area contributed by atoms with E-state index < -0.39 is 0 Å². The molecule has 0 amide bonds. The maximum Gasteiger partial charge on any atom is 0.266 e. The summed E-state index contributed by atoms with van der Waals surface area (Å²) in [5.41, 5.74) is 0.973. The third kappa shape index (κ3) is 4.49. The average Bonchev–Trinajstić information content (AvgIpc) is 3.23. The molecule has 0 aliphatic carbocycles. The first-order valence-corrected chi connectivity index (χ1v) is 9.49. The van der Waals surface area contributed by atoms with E-state index in [4.69, 9.17) is 0 Å². The molecule has 9 nitrogen and oxygen atoms in total. The number of hydrogen-bond donors (Lipinski definition) is 0. The van der Waals surface area contributed by atoms with Crippen molar-refractivity contribution in [3.8, 4) is 5.82 Å². The van der Waals surface area contributed by atoms with Gasteiger partial charge in [-0.15, -0.1) is 5.10 Å². The van der Waals surface area contributed by atoms with Gasteiger partial charge in [0.05, 0.1) is 12.2 Å². The van der Waals surface area contributed by atoms with Crippen LogP contribution < -0.4 is 5.56 Å². The van der Waals surface area contributed by atoms with E-state index >= 15 is 0 Å². The highest BCUT2D eigenvalue weighted by molar-refractivity contribution is 5.17. The van der Waals surface area contributed by atoms with Crippen LogP contribution >= 0.6 is 0 Å². The van der Waals surface area contributed by atoms with Crippen LogP contribution in [0.2, 0.25) is 0 Å². The van der Waals surface area contributed by atoms with Crippen molar-refractivity contribution in [2.24, 2.45) is 0 Å². The highest BCUT2D eigenvalue weighted by Gasteiger charge is 2.17. The van der Waals surface area contributed by atoms with Gasteiger partial charge >= 0.3 is 0 Å². The molecule has 9 heteroatoms. The number of nitrogens with zero attached hydrogens (tertiary/aromatic N) is 8. The van der Waals surface area contributed by atoms with Crippen molar-refractivity contribution >= 4 is 0 Å². The van der Waals surface area contributed by atoms with Crippen molar-refractivity contribution in [1.29, 1.82) is 0 Å². The summed E-state index contributed by atoms with van der Waals surface area (Å²) < 4.78 is 3.18. The van der Waals surface area contributed by atoms with Crippen LogP contribution in [0.4, 0.5) is 0 Å². The van der Waals surface area contributed by atoms with Gasteiger partial charge < -0.3 is 0 Å². The molecule has 0 atom stereocenters. The fourth-order valence-corrected chi connectivity index (χ4v) is 3.35. The lowest BCUT2D eigenvalue weighted by Gasteiger charge is -2.34. The van der Waals surface area contributed by atoms with E-state index in [1.807, 2.05) is 31.5 Å². The van der Waals surface area contributed by atoms with Crippen molar-refractivity contribution in [2.45, 2.75) is 20.0 Å². The quantitative estimate of drug-likeness (QED) is 0.610. The van der Waals surface area contributed by atoms with Gasteiger partial charge in [-0.3, -0.25) is 14.6 Å². The Labute approximate surface area is 163 Å². The molecule has 1 aliphatic heterocycles. The first-order valence-electron chi connectivity index (χ1n) is 9.49. The molecular formula is C19H24N8O. The largest absolute Gasteiger partial charge is 0.299 e. The number of aromatic nitrogens is 6. The van der Waals surface area contributed by atoms with Gasteiger partial charge in [0.25, 0.3) is 5.56 Å². The maximum atomic E-state index is 12.1. The van der Waals surface area contributed by atoms with Crippen LogP contribution in [-0.2, 0) is 13.1 Å². The predicted molar refractivity (Wildman–Crippen MR) is 104 cm³/mol. The highest BCUT2D eigenvalue weighted by Crippen LogP contribution is 2.07. The first kappa shape index (κ1) is 18.5. The summed E-state index contributed by atoms with van der Waals surface area (Å²) in [5, 5.41) is 8.60. The Kier molecular flexibility index (Phi) is 5.54. The summed E-state index contributed by atoms with van der Waals surface area (Å²) in [6.45, 7) is 8.05. The van der Waals surface area contributed by atoms with E-state index in [0.717, 1.165) is 50.8 Å². The van der Waals surface area contributed by atoms with E-state index in [1.54, 1.807) is 23.0 Å². The van der Waals surface area contributed by atoms with Gasteiger partial charge in [0.15, 0.2) is 5.82 Å². The smallest absolute Gasteiger partial charge is 0.266 e. The van der Waals surface area contributed by atoms with Crippen LogP contribution in [0.15, 0.2) is 47.7 Å². The maximum absolute atomic E-state index is 12.1. The number of hydrogen-bond acceptors (Lipinski definition) is 7. The molecule has 1 saturated heterocycles. The molecule has 4 rings (SSSR count). The topological polar surface area (TPSA) is 85.0 Å². The Balaban J connectivity index is 1.30. The Morgan fingerprint density at radius 2 is 1.82 bits per heavy atom. The molecule has 0 radical (unpaired) electrons. The van der Waals surface area contributed by atoms with Gasteiger partial charge in [-0.25, -0.2) is 19.3 Å². The molecule has 28 heavy (non-hydrogen) atoms. The van der Waals surface area contributed by atoms with Crippen LogP contribution in [0, 0.1) is 6.92 Å². The zero-order chi connectivity index (χ0) is 19.3. The van der Waals surface area contributed by atoms with E-state index in [2.05, 4.69) is 30.0 Å². The standard InChI is InChI=1S/C19H24N8O/c1-16-20-7-5-17(22-16)15-25-11-9-24(10-12-25)13-14-27-19(28)4-3-18(23-27)26-8-2-6-21-26/h2-8H,9-15H2,1H3. The molecule has 146 valence electrons. The van der Waals surface area contributed by atoms with Gasteiger partial charge in [-0.1, -0.05) is 0 Å². The molecule has 3 aromatic rings. The highest BCUT2D eigenvalue weighted by atomic mass is 16.1. The third-order valence-corrected chi connectivity index (χ3v) is 4.90. The summed E-state index contributed by atoms with van der Waals surface area (Å²) in [5.74, 6) is 1.46. The van der Waals surface area contributed by atoms with Crippen LogP contribution in [0.25, 0.3) is 5.82 Å². The zero-order valence-electron chi connectivity index (χ0n) is 16.0. The van der Waals surface area contributed by atoms with Crippen LogP contribution in [0.1, 0.15) is 11.5 Å². The summed E-state index contributed by atoms with van der Waals surface area (Å²) >= 11 is 0.